The summed E-state index contributed by atoms with van der Waals surface area (Å²) in [7, 11) is -4.09. The predicted octanol–water partition coefficient (Wildman–Crippen LogP) is 4.15. The number of ether oxygens (including phenoxy) is 1. The van der Waals surface area contributed by atoms with Gasteiger partial charge in [0.2, 0.25) is 10.9 Å². The number of halogens is 3. The number of rotatable bonds is 6. The monoisotopic (exact) mass is 402 g/mol. The lowest BCUT2D eigenvalue weighted by Crippen LogP contribution is -2.12. The zero-order chi connectivity index (χ0) is 19.7. The average molecular weight is 402 g/mol. The van der Waals surface area contributed by atoms with Crippen LogP contribution in [0.5, 0.6) is 5.75 Å². The molecule has 0 bridgehead atoms. The second kappa shape index (κ2) is 6.99. The molecule has 0 unspecified atom stereocenters. The maximum absolute atomic E-state index is 12.6. The molecule has 3 rings (SSSR count). The zero-order valence-electron chi connectivity index (χ0n) is 13.8. The highest BCUT2D eigenvalue weighted by Crippen LogP contribution is 2.33. The number of aromatic nitrogens is 1. The SMILES string of the molecule is CCOc1ccc(NS(=O)(=O)c2ccc(-c3cc(C(F)(F)F)on3)o2)cc1. The van der Waals surface area contributed by atoms with Gasteiger partial charge in [-0.3, -0.25) is 4.72 Å². The Morgan fingerprint density at radius 3 is 2.44 bits per heavy atom. The normalized spacial score (nSPS) is 12.1. The first-order valence-electron chi connectivity index (χ1n) is 7.59. The van der Waals surface area contributed by atoms with Crippen LogP contribution in [-0.2, 0) is 16.2 Å². The fourth-order valence-electron chi connectivity index (χ4n) is 2.12. The molecular formula is C16H13F3N2O5S. The molecule has 2 aromatic heterocycles. The Bertz CT molecular complexity index is 1020. The van der Waals surface area contributed by atoms with E-state index in [1.54, 1.807) is 12.1 Å². The number of anilines is 1. The molecule has 0 amide bonds. The van der Waals surface area contributed by atoms with Crippen molar-refractivity contribution in [2.75, 3.05) is 11.3 Å². The summed E-state index contributed by atoms with van der Waals surface area (Å²) in [6.45, 7) is 2.29. The maximum atomic E-state index is 12.6. The second-order valence-corrected chi connectivity index (χ2v) is 6.87. The smallest absolute Gasteiger partial charge is 0.452 e. The van der Waals surface area contributed by atoms with Gasteiger partial charge in [0, 0.05) is 11.8 Å². The Morgan fingerprint density at radius 1 is 1.15 bits per heavy atom. The van der Waals surface area contributed by atoms with E-state index in [-0.39, 0.29) is 17.1 Å². The third-order valence-corrected chi connectivity index (χ3v) is 4.56. The van der Waals surface area contributed by atoms with E-state index in [1.165, 1.54) is 18.2 Å². The van der Waals surface area contributed by atoms with Crippen LogP contribution in [0.2, 0.25) is 0 Å². The van der Waals surface area contributed by atoms with Crippen LogP contribution < -0.4 is 9.46 Å². The number of furan rings is 1. The summed E-state index contributed by atoms with van der Waals surface area (Å²) in [5.74, 6) is -0.917. The lowest BCUT2D eigenvalue weighted by atomic mass is 10.3. The number of hydrogen-bond donors (Lipinski definition) is 1. The van der Waals surface area contributed by atoms with Crippen LogP contribution in [-0.4, -0.2) is 20.2 Å². The van der Waals surface area contributed by atoms with E-state index in [0.29, 0.717) is 18.4 Å². The Morgan fingerprint density at radius 2 is 1.85 bits per heavy atom. The Kier molecular flexibility index (Phi) is 4.87. The van der Waals surface area contributed by atoms with E-state index in [9.17, 15) is 21.6 Å². The first-order chi connectivity index (χ1) is 12.7. The molecule has 0 aliphatic carbocycles. The van der Waals surface area contributed by atoms with Crippen molar-refractivity contribution in [3.05, 3.63) is 48.2 Å². The second-order valence-electron chi connectivity index (χ2n) is 5.26. The summed E-state index contributed by atoms with van der Waals surface area (Å²) in [5, 5.41) is 2.76. The van der Waals surface area contributed by atoms with Gasteiger partial charge >= 0.3 is 6.18 Å². The predicted molar refractivity (Wildman–Crippen MR) is 87.6 cm³/mol. The fourth-order valence-corrected chi connectivity index (χ4v) is 3.11. The molecule has 0 radical (unpaired) electrons. The van der Waals surface area contributed by atoms with E-state index in [1.807, 2.05) is 6.92 Å². The third-order valence-electron chi connectivity index (χ3n) is 3.31. The van der Waals surface area contributed by atoms with Gasteiger partial charge in [0.05, 0.1) is 6.61 Å². The molecule has 7 nitrogen and oxygen atoms in total. The minimum Gasteiger partial charge on any atom is -0.494 e. The number of benzene rings is 1. The van der Waals surface area contributed by atoms with Gasteiger partial charge in [-0.15, -0.1) is 0 Å². The van der Waals surface area contributed by atoms with Gasteiger partial charge in [0.1, 0.15) is 11.4 Å². The molecule has 0 aliphatic rings. The van der Waals surface area contributed by atoms with Gasteiger partial charge in [-0.2, -0.15) is 21.6 Å². The fraction of sp³-hybridized carbons (Fsp3) is 0.188. The minimum absolute atomic E-state index is 0.179. The van der Waals surface area contributed by atoms with Crippen LogP contribution in [0.4, 0.5) is 18.9 Å². The van der Waals surface area contributed by atoms with Gasteiger partial charge in [-0.05, 0) is 43.3 Å². The van der Waals surface area contributed by atoms with Crippen LogP contribution in [0.1, 0.15) is 12.7 Å². The van der Waals surface area contributed by atoms with Crippen LogP contribution >= 0.6 is 0 Å². The standard InChI is InChI=1S/C16H13F3N2O5S/c1-2-24-11-5-3-10(4-6-11)21-27(22,23)15-8-7-13(25-15)12-9-14(26-20-12)16(17,18)19/h3-9,21H,2H2,1H3. The molecular weight excluding hydrogens is 389 g/mol. The van der Waals surface area contributed by atoms with E-state index in [0.717, 1.165) is 6.07 Å². The maximum Gasteiger partial charge on any atom is 0.452 e. The molecule has 0 saturated heterocycles. The number of alkyl halides is 3. The minimum atomic E-state index is -4.71. The summed E-state index contributed by atoms with van der Waals surface area (Å²) in [6.07, 6.45) is -4.71. The van der Waals surface area contributed by atoms with Gasteiger partial charge in [-0.25, -0.2) is 0 Å². The number of sulfonamides is 1. The van der Waals surface area contributed by atoms with Crippen molar-refractivity contribution in [3.63, 3.8) is 0 Å². The number of nitrogens with zero attached hydrogens (tertiary/aromatic N) is 1. The van der Waals surface area contributed by atoms with Gasteiger partial charge in [0.15, 0.2) is 5.76 Å². The summed E-state index contributed by atoms with van der Waals surface area (Å²) in [4.78, 5) is 0. The highest BCUT2D eigenvalue weighted by Gasteiger charge is 2.36. The third kappa shape index (κ3) is 4.25. The van der Waals surface area contributed by atoms with Crippen LogP contribution in [0.15, 0.2) is 56.5 Å². The zero-order valence-corrected chi connectivity index (χ0v) is 14.6. The van der Waals surface area contributed by atoms with Crippen molar-refractivity contribution in [1.82, 2.24) is 5.16 Å². The Labute approximate surface area is 151 Å². The molecule has 0 spiro atoms. The molecule has 144 valence electrons. The quantitative estimate of drug-likeness (QED) is 0.666. The van der Waals surface area contributed by atoms with Crippen molar-refractivity contribution < 1.29 is 35.3 Å². The molecule has 0 aliphatic heterocycles. The largest absolute Gasteiger partial charge is 0.494 e. The van der Waals surface area contributed by atoms with E-state index < -0.39 is 27.1 Å². The lowest BCUT2D eigenvalue weighted by Gasteiger charge is -2.07. The highest BCUT2D eigenvalue weighted by atomic mass is 32.2. The average Bonchev–Trinajstić information content (AvgIpc) is 3.25. The molecule has 3 aromatic rings. The van der Waals surface area contributed by atoms with Gasteiger partial charge in [-0.1, -0.05) is 5.16 Å². The molecule has 0 atom stereocenters. The Hall–Kier alpha value is -2.95. The summed E-state index contributed by atoms with van der Waals surface area (Å²) < 4.78 is 79.3. The summed E-state index contributed by atoms with van der Waals surface area (Å²) >= 11 is 0. The molecule has 2 heterocycles. The Balaban J connectivity index is 1.79. The highest BCUT2D eigenvalue weighted by molar-refractivity contribution is 7.92. The van der Waals surface area contributed by atoms with Crippen molar-refractivity contribution in [2.45, 2.75) is 18.2 Å². The topological polar surface area (TPSA) is 94.6 Å². The molecule has 0 saturated carbocycles. The van der Waals surface area contributed by atoms with Crippen molar-refractivity contribution in [1.29, 1.82) is 0 Å². The van der Waals surface area contributed by atoms with Crippen LogP contribution in [0.3, 0.4) is 0 Å². The lowest BCUT2D eigenvalue weighted by molar-refractivity contribution is -0.155. The van der Waals surface area contributed by atoms with Crippen LogP contribution in [0, 0.1) is 0 Å². The van der Waals surface area contributed by atoms with Crippen LogP contribution in [0.25, 0.3) is 11.5 Å². The summed E-state index contributed by atoms with van der Waals surface area (Å²) in [5.41, 5.74) is -0.0120. The molecule has 27 heavy (non-hydrogen) atoms. The van der Waals surface area contributed by atoms with Gasteiger partial charge < -0.3 is 13.7 Å². The van der Waals surface area contributed by atoms with E-state index in [2.05, 4.69) is 14.4 Å². The van der Waals surface area contributed by atoms with Crippen molar-refractivity contribution >= 4 is 15.7 Å². The number of hydrogen-bond acceptors (Lipinski definition) is 6. The van der Waals surface area contributed by atoms with E-state index >= 15 is 0 Å². The molecule has 0 fully saturated rings. The van der Waals surface area contributed by atoms with Crippen molar-refractivity contribution in [3.8, 4) is 17.2 Å². The van der Waals surface area contributed by atoms with E-state index in [4.69, 9.17) is 9.15 Å². The van der Waals surface area contributed by atoms with Crippen molar-refractivity contribution in [2.24, 2.45) is 0 Å². The number of nitrogens with one attached hydrogen (secondary N) is 1. The van der Waals surface area contributed by atoms with Gasteiger partial charge in [0.25, 0.3) is 10.0 Å². The first kappa shape index (κ1) is 18.8. The molecule has 1 N–H and O–H groups in total. The molecule has 1 aromatic carbocycles. The first-order valence-corrected chi connectivity index (χ1v) is 9.07. The molecule has 11 heteroatoms. The summed E-state index contributed by atoms with van der Waals surface area (Å²) in [6, 6.07) is 9.08.